The largest absolute Gasteiger partial charge is 0.352 e. The zero-order valence-electron chi connectivity index (χ0n) is 14.7. The number of aryl methyl sites for hydroxylation is 2. The van der Waals surface area contributed by atoms with E-state index in [1.54, 1.807) is 6.20 Å². The minimum Gasteiger partial charge on any atom is -0.352 e. The molecular weight excluding hydrogens is 320 g/mol. The number of nitrogens with zero attached hydrogens (tertiary/aromatic N) is 2. The number of aromatic nitrogens is 4. The number of hydrogen-bond acceptors (Lipinski definition) is 2. The molecule has 126 valence electrons. The zero-order chi connectivity index (χ0) is 17.7. The first kappa shape index (κ1) is 14.9. The van der Waals surface area contributed by atoms with Gasteiger partial charge in [-0.25, -0.2) is 0 Å². The molecule has 3 aromatic heterocycles. The van der Waals surface area contributed by atoms with Crippen molar-refractivity contribution in [2.24, 2.45) is 0 Å². The number of rotatable bonds is 2. The summed E-state index contributed by atoms with van der Waals surface area (Å²) in [4.78, 5) is 7.61. The number of aromatic amines is 2. The van der Waals surface area contributed by atoms with Crippen molar-refractivity contribution in [2.45, 2.75) is 13.8 Å². The van der Waals surface area contributed by atoms with Crippen LogP contribution in [0.2, 0.25) is 0 Å². The number of hydrogen-bond donors (Lipinski definition) is 2. The van der Waals surface area contributed by atoms with Crippen molar-refractivity contribution in [2.75, 3.05) is 0 Å². The van der Waals surface area contributed by atoms with Crippen molar-refractivity contribution in [1.29, 1.82) is 0 Å². The first-order chi connectivity index (χ1) is 12.7. The van der Waals surface area contributed by atoms with Gasteiger partial charge in [0.25, 0.3) is 0 Å². The lowest BCUT2D eigenvalue weighted by Crippen LogP contribution is -1.85. The van der Waals surface area contributed by atoms with Crippen LogP contribution in [0.5, 0.6) is 0 Å². The summed E-state index contributed by atoms with van der Waals surface area (Å²) in [6, 6.07) is 17.2. The lowest BCUT2D eigenvalue weighted by Gasteiger charge is -2.08. The van der Waals surface area contributed by atoms with Gasteiger partial charge in [-0.15, -0.1) is 0 Å². The van der Waals surface area contributed by atoms with E-state index in [0.717, 1.165) is 33.2 Å². The van der Waals surface area contributed by atoms with Crippen LogP contribution in [-0.4, -0.2) is 20.2 Å². The second-order valence-corrected chi connectivity index (χ2v) is 6.80. The zero-order valence-corrected chi connectivity index (χ0v) is 14.7. The van der Waals surface area contributed by atoms with Crippen molar-refractivity contribution in [3.63, 3.8) is 0 Å². The van der Waals surface area contributed by atoms with E-state index < -0.39 is 0 Å². The van der Waals surface area contributed by atoms with Gasteiger partial charge in [0.1, 0.15) is 5.69 Å². The molecule has 0 atom stereocenters. The third-order valence-electron chi connectivity index (χ3n) is 4.95. The van der Waals surface area contributed by atoms with Crippen LogP contribution in [0.1, 0.15) is 11.1 Å². The molecule has 5 rings (SSSR count). The first-order valence-corrected chi connectivity index (χ1v) is 8.68. The molecule has 5 aromatic rings. The average Bonchev–Trinajstić information content (AvgIpc) is 3.26. The molecule has 0 aliphatic rings. The molecule has 0 aliphatic heterocycles. The molecule has 0 unspecified atom stereocenters. The fraction of sp³-hybridized carbons (Fsp3) is 0.0909. The van der Waals surface area contributed by atoms with Gasteiger partial charge in [0.2, 0.25) is 0 Å². The van der Waals surface area contributed by atoms with Gasteiger partial charge in [0.15, 0.2) is 0 Å². The molecular formula is C22H18N4. The molecule has 0 amide bonds. The molecule has 0 radical (unpaired) electrons. The highest BCUT2D eigenvalue weighted by atomic mass is 15.1. The van der Waals surface area contributed by atoms with E-state index in [2.05, 4.69) is 76.5 Å². The van der Waals surface area contributed by atoms with Gasteiger partial charge in [-0.1, -0.05) is 29.8 Å². The minimum atomic E-state index is 0.934. The van der Waals surface area contributed by atoms with Crippen molar-refractivity contribution < 1.29 is 0 Å². The van der Waals surface area contributed by atoms with Crippen LogP contribution < -0.4 is 0 Å². The maximum Gasteiger partial charge on any atom is 0.116 e. The summed E-state index contributed by atoms with van der Waals surface area (Å²) in [6.45, 7) is 4.28. The Hall–Kier alpha value is -3.40. The Morgan fingerprint density at radius 1 is 0.885 bits per heavy atom. The summed E-state index contributed by atoms with van der Waals surface area (Å²) >= 11 is 0. The Labute approximate surface area is 150 Å². The normalized spacial score (nSPS) is 11.5. The monoisotopic (exact) mass is 338 g/mol. The van der Waals surface area contributed by atoms with Crippen LogP contribution >= 0.6 is 0 Å². The molecule has 4 heteroatoms. The van der Waals surface area contributed by atoms with E-state index in [1.807, 2.05) is 12.3 Å². The van der Waals surface area contributed by atoms with Crippen LogP contribution in [-0.2, 0) is 0 Å². The number of nitrogens with one attached hydrogen (secondary N) is 2. The lowest BCUT2D eigenvalue weighted by molar-refractivity contribution is 1.12. The lowest BCUT2D eigenvalue weighted by atomic mass is 9.97. The predicted octanol–water partition coefficient (Wildman–Crippen LogP) is 5.39. The van der Waals surface area contributed by atoms with Crippen LogP contribution in [0.15, 0.2) is 60.9 Å². The number of H-pyrrole nitrogens is 2. The third kappa shape index (κ3) is 2.30. The number of pyridine rings is 1. The van der Waals surface area contributed by atoms with Gasteiger partial charge in [-0.2, -0.15) is 5.10 Å². The quantitative estimate of drug-likeness (QED) is 0.453. The summed E-state index contributed by atoms with van der Waals surface area (Å²) in [5, 5.41) is 9.96. The molecule has 0 bridgehead atoms. The SMILES string of the molecule is Cc1ccc(C)c(-c2ccc3[nH]nc(-c4cc5ccncc5[nH]4)c3c2)c1. The molecule has 4 nitrogen and oxygen atoms in total. The van der Waals surface area contributed by atoms with Gasteiger partial charge in [0.05, 0.1) is 22.9 Å². The van der Waals surface area contributed by atoms with Gasteiger partial charge < -0.3 is 4.98 Å². The van der Waals surface area contributed by atoms with E-state index in [4.69, 9.17) is 0 Å². The average molecular weight is 338 g/mol. The molecule has 0 aliphatic carbocycles. The Balaban J connectivity index is 1.71. The standard InChI is InChI=1S/C22H18N4/c1-13-3-4-14(2)17(9-13)15-5-6-19-18(10-15)22(26-25-19)20-11-16-7-8-23-12-21(16)24-20/h3-12,24H,1-2H3,(H,25,26). The van der Waals surface area contributed by atoms with Crippen LogP contribution in [0.4, 0.5) is 0 Å². The van der Waals surface area contributed by atoms with Crippen LogP contribution in [0.3, 0.4) is 0 Å². The maximum atomic E-state index is 4.56. The van der Waals surface area contributed by atoms with Gasteiger partial charge in [-0.05, 0) is 54.8 Å². The van der Waals surface area contributed by atoms with Crippen molar-refractivity contribution in [3.8, 4) is 22.5 Å². The molecule has 0 fully saturated rings. The van der Waals surface area contributed by atoms with Gasteiger partial charge >= 0.3 is 0 Å². The first-order valence-electron chi connectivity index (χ1n) is 8.68. The second-order valence-electron chi connectivity index (χ2n) is 6.80. The third-order valence-corrected chi connectivity index (χ3v) is 4.95. The smallest absolute Gasteiger partial charge is 0.116 e. The molecule has 2 N–H and O–H groups in total. The van der Waals surface area contributed by atoms with Crippen LogP contribution in [0.25, 0.3) is 44.3 Å². The Morgan fingerprint density at radius 3 is 2.69 bits per heavy atom. The minimum absolute atomic E-state index is 0.934. The fourth-order valence-electron chi connectivity index (χ4n) is 3.53. The second kappa shape index (κ2) is 5.56. The van der Waals surface area contributed by atoms with E-state index in [1.165, 1.54) is 22.3 Å². The van der Waals surface area contributed by atoms with E-state index >= 15 is 0 Å². The molecule has 0 spiro atoms. The van der Waals surface area contributed by atoms with Crippen molar-refractivity contribution in [3.05, 3.63) is 72.1 Å². The summed E-state index contributed by atoms with van der Waals surface area (Å²) in [5.74, 6) is 0. The Morgan fingerprint density at radius 2 is 1.81 bits per heavy atom. The highest BCUT2D eigenvalue weighted by molar-refractivity contribution is 5.97. The van der Waals surface area contributed by atoms with E-state index in [-0.39, 0.29) is 0 Å². The van der Waals surface area contributed by atoms with Crippen molar-refractivity contribution >= 4 is 21.8 Å². The molecule has 0 saturated carbocycles. The summed E-state index contributed by atoms with van der Waals surface area (Å²) in [5.41, 5.74) is 8.99. The molecule has 0 saturated heterocycles. The molecule has 2 aromatic carbocycles. The fourth-order valence-corrected chi connectivity index (χ4v) is 3.53. The molecule has 3 heterocycles. The Kier molecular flexibility index (Phi) is 3.19. The molecule has 26 heavy (non-hydrogen) atoms. The number of fused-ring (bicyclic) bond motifs is 2. The van der Waals surface area contributed by atoms with Gasteiger partial charge in [-0.3, -0.25) is 10.1 Å². The summed E-state index contributed by atoms with van der Waals surface area (Å²) in [6.07, 6.45) is 3.65. The predicted molar refractivity (Wildman–Crippen MR) is 106 cm³/mol. The van der Waals surface area contributed by atoms with Gasteiger partial charge in [0, 0.05) is 17.0 Å². The van der Waals surface area contributed by atoms with Crippen LogP contribution in [0, 0.1) is 13.8 Å². The number of benzene rings is 2. The van der Waals surface area contributed by atoms with E-state index in [0.29, 0.717) is 0 Å². The summed E-state index contributed by atoms with van der Waals surface area (Å²) in [7, 11) is 0. The Bertz CT molecular complexity index is 1230. The summed E-state index contributed by atoms with van der Waals surface area (Å²) < 4.78 is 0. The van der Waals surface area contributed by atoms with E-state index in [9.17, 15) is 0 Å². The van der Waals surface area contributed by atoms with Crippen molar-refractivity contribution in [1.82, 2.24) is 20.2 Å². The maximum absolute atomic E-state index is 4.56. The highest BCUT2D eigenvalue weighted by Gasteiger charge is 2.13. The highest BCUT2D eigenvalue weighted by Crippen LogP contribution is 2.32. The topological polar surface area (TPSA) is 57.4 Å².